The molecule has 0 bridgehead atoms. The Labute approximate surface area is 401 Å². The molecular formula is C52H58ClN9O6. The quantitative estimate of drug-likeness (QED) is 0.146. The number of fused-ring (bicyclic) bond motifs is 1. The van der Waals surface area contributed by atoms with Crippen LogP contribution < -0.4 is 25.8 Å². The van der Waals surface area contributed by atoms with Gasteiger partial charge in [-0.05, 0) is 112 Å². The molecule has 0 spiro atoms. The zero-order valence-electron chi connectivity index (χ0n) is 39.1. The number of aromatic nitrogens is 3. The van der Waals surface area contributed by atoms with Gasteiger partial charge in [0.25, 0.3) is 17.4 Å². The van der Waals surface area contributed by atoms with Crippen LogP contribution in [0.25, 0.3) is 10.9 Å². The Morgan fingerprint density at radius 3 is 2.28 bits per heavy atom. The number of benzene rings is 3. The lowest BCUT2D eigenvalue weighted by atomic mass is 9.49. The van der Waals surface area contributed by atoms with Crippen molar-refractivity contribution in [1.29, 1.82) is 5.26 Å². The molecule has 354 valence electrons. The van der Waals surface area contributed by atoms with E-state index in [0.717, 1.165) is 80.8 Å². The Kier molecular flexibility index (Phi) is 13.1. The number of amides is 4. The van der Waals surface area contributed by atoms with E-state index in [1.165, 1.54) is 0 Å². The second-order valence-corrected chi connectivity index (χ2v) is 20.9. The highest BCUT2D eigenvalue weighted by Crippen LogP contribution is 2.55. The van der Waals surface area contributed by atoms with E-state index in [4.69, 9.17) is 16.3 Å². The van der Waals surface area contributed by atoms with E-state index < -0.39 is 17.5 Å². The molecule has 1 aromatic heterocycles. The number of carbonyl (C=O) groups is 4. The summed E-state index contributed by atoms with van der Waals surface area (Å²) in [7, 11) is 0. The zero-order valence-corrected chi connectivity index (χ0v) is 39.9. The van der Waals surface area contributed by atoms with Crippen LogP contribution in [0.5, 0.6) is 5.75 Å². The van der Waals surface area contributed by atoms with Crippen LogP contribution in [0, 0.1) is 51.8 Å². The number of anilines is 1. The van der Waals surface area contributed by atoms with Gasteiger partial charge in [-0.2, -0.15) is 9.94 Å². The summed E-state index contributed by atoms with van der Waals surface area (Å²) >= 11 is 6.25. The average Bonchev–Trinajstić information content (AvgIpc) is 3.31. The lowest BCUT2D eigenvalue weighted by Gasteiger charge is -2.63. The molecule has 0 radical (unpaired) electrons. The van der Waals surface area contributed by atoms with Crippen LogP contribution in [-0.4, -0.2) is 106 Å². The smallest absolute Gasteiger partial charge is 0.278 e. The maximum atomic E-state index is 13.5. The summed E-state index contributed by atoms with van der Waals surface area (Å²) in [5.41, 5.74) is 1.97. The van der Waals surface area contributed by atoms with Crippen molar-refractivity contribution in [3.8, 4) is 23.7 Å². The van der Waals surface area contributed by atoms with Crippen LogP contribution in [-0.2, 0) is 14.4 Å². The number of carbonyl (C=O) groups excluding carboxylic acids is 4. The van der Waals surface area contributed by atoms with Gasteiger partial charge in [0.15, 0.2) is 0 Å². The molecule has 15 nitrogen and oxygen atoms in total. The Bertz CT molecular complexity index is 2770. The third-order valence-corrected chi connectivity index (χ3v) is 15.4. The predicted molar refractivity (Wildman–Crippen MR) is 257 cm³/mol. The SMILES string of the molecule is CC1(C)[C@H](NC(=O)c2ccc(C#CCC3CCN(CC4CCN(C(=O)C5CN(c6ccc7nnn(C8CCC(=O)NC8=O)c(=O)c7c6)C5)CC4)CC3)cc2)C(C)(C)[C@H]1Oc1ccc(C#N)c(Cl)c1. The van der Waals surface area contributed by atoms with Gasteiger partial charge < -0.3 is 24.8 Å². The van der Waals surface area contributed by atoms with Gasteiger partial charge in [-0.1, -0.05) is 56.4 Å². The van der Waals surface area contributed by atoms with Crippen molar-refractivity contribution in [1.82, 2.24) is 35.4 Å². The van der Waals surface area contributed by atoms with Gasteiger partial charge in [-0.25, -0.2) is 0 Å². The van der Waals surface area contributed by atoms with Gasteiger partial charge in [0.1, 0.15) is 29.5 Å². The van der Waals surface area contributed by atoms with Crippen molar-refractivity contribution >= 4 is 51.8 Å². The number of hydrogen-bond acceptors (Lipinski definition) is 11. The predicted octanol–water partition coefficient (Wildman–Crippen LogP) is 5.73. The van der Waals surface area contributed by atoms with Crippen molar-refractivity contribution in [2.24, 2.45) is 28.6 Å². The first-order valence-corrected chi connectivity index (χ1v) is 24.2. The number of piperidine rings is 3. The second-order valence-electron chi connectivity index (χ2n) is 20.5. The standard InChI is InChI=1S/C52H58ClN9O6/c1-51(2)49(52(3,4)50(51)68-39-14-12-36(28-54)41(53)27-39)56-45(64)35-10-8-32(9-11-35)6-5-7-33-18-22-59(23-19-33)29-34-20-24-60(25-21-34)47(66)37-30-61(31-37)38-13-15-42-40(26-38)48(67)62(58-57-42)43-16-17-44(63)55-46(43)65/h8-15,26-27,33-34,37,43,49-50H,7,16-25,29-31H2,1-4H3,(H,56,64)(H,55,63,65)/t43?,49-,50-. The molecule has 4 amide bonds. The maximum absolute atomic E-state index is 13.5. The molecule has 5 fully saturated rings. The summed E-state index contributed by atoms with van der Waals surface area (Å²) in [5, 5.41) is 23.6. The third kappa shape index (κ3) is 9.43. The summed E-state index contributed by atoms with van der Waals surface area (Å²) in [5.74, 6) is 7.50. The number of hydrogen-bond donors (Lipinski definition) is 2. The van der Waals surface area contributed by atoms with E-state index >= 15 is 0 Å². The van der Waals surface area contributed by atoms with Gasteiger partial charge in [-0.3, -0.25) is 29.3 Å². The first-order chi connectivity index (χ1) is 32.6. The topological polar surface area (TPSA) is 183 Å². The molecule has 1 aliphatic carbocycles. The summed E-state index contributed by atoms with van der Waals surface area (Å²) in [6, 6.07) is 19.0. The van der Waals surface area contributed by atoms with Crippen LogP contribution in [0.1, 0.15) is 100 Å². The van der Waals surface area contributed by atoms with Crippen molar-refractivity contribution < 1.29 is 23.9 Å². The van der Waals surface area contributed by atoms with Gasteiger partial charge in [0, 0.05) is 85.3 Å². The minimum Gasteiger partial charge on any atom is -0.489 e. The molecule has 5 heterocycles. The lowest BCUT2D eigenvalue weighted by molar-refractivity contribution is -0.164. The first-order valence-electron chi connectivity index (χ1n) is 23.8. The Morgan fingerprint density at radius 1 is 0.897 bits per heavy atom. The van der Waals surface area contributed by atoms with E-state index in [1.807, 2.05) is 35.2 Å². The van der Waals surface area contributed by atoms with E-state index in [9.17, 15) is 29.2 Å². The van der Waals surface area contributed by atoms with Crippen LogP contribution >= 0.6 is 11.6 Å². The van der Waals surface area contributed by atoms with Crippen molar-refractivity contribution in [2.75, 3.05) is 50.7 Å². The number of likely N-dealkylation sites (tertiary alicyclic amines) is 2. The number of nitriles is 1. The summed E-state index contributed by atoms with van der Waals surface area (Å²) in [6.07, 6.45) is 5.22. The van der Waals surface area contributed by atoms with E-state index in [2.05, 4.69) is 76.4 Å². The molecule has 1 saturated carbocycles. The normalized spacial score (nSPS) is 23.1. The number of imide groups is 1. The number of rotatable bonds is 10. The molecule has 4 saturated heterocycles. The molecule has 68 heavy (non-hydrogen) atoms. The van der Waals surface area contributed by atoms with E-state index in [1.54, 1.807) is 30.3 Å². The minimum absolute atomic E-state index is 0.0936. The van der Waals surface area contributed by atoms with Crippen molar-refractivity contribution in [3.05, 3.63) is 92.7 Å². The monoisotopic (exact) mass is 939 g/mol. The highest BCUT2D eigenvalue weighted by molar-refractivity contribution is 6.31. The van der Waals surface area contributed by atoms with Crippen molar-refractivity contribution in [3.63, 3.8) is 0 Å². The minimum atomic E-state index is -0.884. The van der Waals surface area contributed by atoms with E-state index in [0.29, 0.717) is 57.7 Å². The number of ether oxygens (including phenoxy) is 1. The van der Waals surface area contributed by atoms with Gasteiger partial charge in [-0.15, -0.1) is 5.10 Å². The first kappa shape index (κ1) is 46.8. The molecule has 9 rings (SSSR count). The molecule has 1 atom stereocenters. The molecule has 2 N–H and O–H groups in total. The number of halogens is 1. The van der Waals surface area contributed by atoms with Gasteiger partial charge in [0.2, 0.25) is 11.8 Å². The van der Waals surface area contributed by atoms with Crippen LogP contribution in [0.3, 0.4) is 0 Å². The molecular weight excluding hydrogens is 882 g/mol. The maximum Gasteiger partial charge on any atom is 0.278 e. The van der Waals surface area contributed by atoms with Crippen LogP contribution in [0.15, 0.2) is 65.5 Å². The molecule has 4 aromatic rings. The van der Waals surface area contributed by atoms with Gasteiger partial charge in [0.05, 0.1) is 21.9 Å². The fraction of sp³-hybridized carbons (Fsp3) is 0.500. The number of nitrogens with zero attached hydrogens (tertiary/aromatic N) is 7. The molecule has 5 aliphatic rings. The Morgan fingerprint density at radius 2 is 1.60 bits per heavy atom. The molecule has 1 unspecified atom stereocenters. The second kappa shape index (κ2) is 19.0. The average molecular weight is 941 g/mol. The highest BCUT2D eigenvalue weighted by Gasteiger charge is 2.64. The molecule has 4 aliphatic heterocycles. The fourth-order valence-corrected chi connectivity index (χ4v) is 11.6. The van der Waals surface area contributed by atoms with Crippen LogP contribution in [0.2, 0.25) is 5.02 Å². The summed E-state index contributed by atoms with van der Waals surface area (Å²) < 4.78 is 7.44. The van der Waals surface area contributed by atoms with Crippen LogP contribution in [0.4, 0.5) is 5.69 Å². The summed E-state index contributed by atoms with van der Waals surface area (Å²) in [6.45, 7) is 14.2. The largest absolute Gasteiger partial charge is 0.489 e. The number of nitrogens with one attached hydrogen (secondary N) is 2. The van der Waals surface area contributed by atoms with Gasteiger partial charge >= 0.3 is 0 Å². The highest BCUT2D eigenvalue weighted by atomic mass is 35.5. The third-order valence-electron chi connectivity index (χ3n) is 15.1. The summed E-state index contributed by atoms with van der Waals surface area (Å²) in [4.78, 5) is 71.0. The Balaban J connectivity index is 0.676. The lowest BCUT2D eigenvalue weighted by Crippen LogP contribution is -2.74. The zero-order chi connectivity index (χ0) is 47.9. The fourth-order valence-electron chi connectivity index (χ4n) is 11.3. The Hall–Kier alpha value is -6.29. The van der Waals surface area contributed by atoms with E-state index in [-0.39, 0.29) is 59.5 Å². The molecule has 3 aromatic carbocycles. The van der Waals surface area contributed by atoms with Crippen molar-refractivity contribution in [2.45, 2.75) is 90.8 Å². The molecule has 16 heteroatoms.